The zero-order chi connectivity index (χ0) is 15.4. The van der Waals surface area contributed by atoms with Gasteiger partial charge in [0.15, 0.2) is 0 Å². The molecule has 2 aromatic carbocycles. The van der Waals surface area contributed by atoms with Gasteiger partial charge >= 0.3 is 0 Å². The van der Waals surface area contributed by atoms with Gasteiger partial charge in [0.05, 0.1) is 10.5 Å². The van der Waals surface area contributed by atoms with Crippen LogP contribution in [-0.2, 0) is 12.8 Å². The van der Waals surface area contributed by atoms with Crippen LogP contribution in [-0.4, -0.2) is 7.05 Å². The highest BCUT2D eigenvalue weighted by Crippen LogP contribution is 2.31. The van der Waals surface area contributed by atoms with Crippen LogP contribution in [0.3, 0.4) is 0 Å². The standard InChI is InChI=1S/C18H21BrFN/c1-4-12-9-10-13(5-2)15(11-12)18(21-3)14-7-6-8-16(19)17(14)20/h6-11,18,21H,4-5H2,1-3H3. The topological polar surface area (TPSA) is 12.0 Å². The molecule has 2 aromatic rings. The number of hydrogen-bond donors (Lipinski definition) is 1. The SMILES string of the molecule is CCc1ccc(CC)c(C(NC)c2cccc(Br)c2F)c1. The average molecular weight is 350 g/mol. The van der Waals surface area contributed by atoms with Crippen molar-refractivity contribution in [3.05, 3.63) is 68.9 Å². The van der Waals surface area contributed by atoms with Crippen LogP contribution in [0.25, 0.3) is 0 Å². The summed E-state index contributed by atoms with van der Waals surface area (Å²) in [5.41, 5.74) is 4.37. The number of aryl methyl sites for hydroxylation is 2. The Hall–Kier alpha value is -1.19. The molecule has 0 aliphatic heterocycles. The van der Waals surface area contributed by atoms with Gasteiger partial charge in [-0.3, -0.25) is 0 Å². The second kappa shape index (κ2) is 7.19. The minimum atomic E-state index is -0.194. The molecule has 0 aliphatic carbocycles. The van der Waals surface area contributed by atoms with Crippen LogP contribution in [0.1, 0.15) is 42.1 Å². The van der Waals surface area contributed by atoms with Gasteiger partial charge in [-0.05, 0) is 58.6 Å². The molecule has 2 rings (SSSR count). The van der Waals surface area contributed by atoms with E-state index in [0.717, 1.165) is 18.4 Å². The van der Waals surface area contributed by atoms with E-state index in [1.165, 1.54) is 11.1 Å². The molecule has 1 nitrogen and oxygen atoms in total. The lowest BCUT2D eigenvalue weighted by atomic mass is 9.91. The third kappa shape index (κ3) is 3.35. The minimum absolute atomic E-state index is 0.135. The van der Waals surface area contributed by atoms with Crippen LogP contribution in [0.15, 0.2) is 40.9 Å². The van der Waals surface area contributed by atoms with E-state index in [4.69, 9.17) is 0 Å². The van der Waals surface area contributed by atoms with Crippen LogP contribution in [0, 0.1) is 5.82 Å². The Morgan fingerprint density at radius 2 is 1.86 bits per heavy atom. The largest absolute Gasteiger partial charge is 0.309 e. The Morgan fingerprint density at radius 3 is 2.48 bits per heavy atom. The van der Waals surface area contributed by atoms with Crippen LogP contribution in [0.2, 0.25) is 0 Å². The molecule has 0 fully saturated rings. The maximum atomic E-state index is 14.5. The summed E-state index contributed by atoms with van der Waals surface area (Å²) < 4.78 is 15.0. The van der Waals surface area contributed by atoms with E-state index >= 15 is 0 Å². The molecule has 0 saturated carbocycles. The fourth-order valence-corrected chi connectivity index (χ4v) is 3.06. The molecule has 1 N–H and O–H groups in total. The fourth-order valence-electron chi connectivity index (χ4n) is 2.68. The maximum Gasteiger partial charge on any atom is 0.142 e. The number of benzene rings is 2. The lowest BCUT2D eigenvalue weighted by Crippen LogP contribution is -2.20. The molecule has 1 atom stereocenters. The molecular formula is C18H21BrFN. The Kier molecular flexibility index (Phi) is 5.54. The van der Waals surface area contributed by atoms with Gasteiger partial charge in [0, 0.05) is 5.56 Å². The normalized spacial score (nSPS) is 12.4. The van der Waals surface area contributed by atoms with Crippen molar-refractivity contribution in [3.63, 3.8) is 0 Å². The number of halogens is 2. The Bertz CT molecular complexity index is 625. The number of nitrogens with one attached hydrogen (secondary N) is 1. The van der Waals surface area contributed by atoms with E-state index in [0.29, 0.717) is 10.0 Å². The molecule has 112 valence electrons. The van der Waals surface area contributed by atoms with Gasteiger partial charge in [-0.15, -0.1) is 0 Å². The fraction of sp³-hybridized carbons (Fsp3) is 0.333. The third-order valence-corrected chi connectivity index (χ3v) is 4.50. The quantitative estimate of drug-likeness (QED) is 0.798. The Labute approximate surface area is 134 Å². The Morgan fingerprint density at radius 1 is 1.10 bits per heavy atom. The van der Waals surface area contributed by atoms with Crippen molar-refractivity contribution in [2.45, 2.75) is 32.7 Å². The molecule has 0 heterocycles. The van der Waals surface area contributed by atoms with Crippen molar-refractivity contribution in [2.24, 2.45) is 0 Å². The Balaban J connectivity index is 2.57. The van der Waals surface area contributed by atoms with Crippen molar-refractivity contribution in [1.82, 2.24) is 5.32 Å². The molecule has 0 amide bonds. The second-order valence-corrected chi connectivity index (χ2v) is 5.96. The average Bonchev–Trinajstić information content (AvgIpc) is 2.52. The first-order valence-electron chi connectivity index (χ1n) is 7.35. The summed E-state index contributed by atoms with van der Waals surface area (Å²) in [6, 6.07) is 11.8. The van der Waals surface area contributed by atoms with E-state index < -0.39 is 0 Å². The predicted molar refractivity (Wildman–Crippen MR) is 90.2 cm³/mol. The highest BCUT2D eigenvalue weighted by Gasteiger charge is 2.20. The van der Waals surface area contributed by atoms with Crippen molar-refractivity contribution in [2.75, 3.05) is 7.05 Å². The lowest BCUT2D eigenvalue weighted by molar-refractivity contribution is 0.569. The first kappa shape index (κ1) is 16.2. The summed E-state index contributed by atoms with van der Waals surface area (Å²) in [7, 11) is 1.88. The van der Waals surface area contributed by atoms with Crippen LogP contribution >= 0.6 is 15.9 Å². The van der Waals surface area contributed by atoms with E-state index in [9.17, 15) is 4.39 Å². The molecule has 0 bridgehead atoms. The molecule has 0 spiro atoms. The molecule has 3 heteroatoms. The van der Waals surface area contributed by atoms with Gasteiger partial charge in [0.1, 0.15) is 5.82 Å². The van der Waals surface area contributed by atoms with Gasteiger partial charge in [-0.25, -0.2) is 4.39 Å². The van der Waals surface area contributed by atoms with Crippen molar-refractivity contribution in [3.8, 4) is 0 Å². The van der Waals surface area contributed by atoms with E-state index in [1.807, 2.05) is 19.2 Å². The molecule has 0 aromatic heterocycles. The van der Waals surface area contributed by atoms with Crippen molar-refractivity contribution in [1.29, 1.82) is 0 Å². The zero-order valence-electron chi connectivity index (χ0n) is 12.7. The van der Waals surface area contributed by atoms with Crippen molar-refractivity contribution >= 4 is 15.9 Å². The summed E-state index contributed by atoms with van der Waals surface area (Å²) in [6.07, 6.45) is 1.92. The third-order valence-electron chi connectivity index (χ3n) is 3.89. The highest BCUT2D eigenvalue weighted by molar-refractivity contribution is 9.10. The van der Waals surface area contributed by atoms with Gasteiger partial charge in [-0.2, -0.15) is 0 Å². The first-order chi connectivity index (χ1) is 10.1. The van der Waals surface area contributed by atoms with Gasteiger partial charge < -0.3 is 5.32 Å². The summed E-state index contributed by atoms with van der Waals surface area (Å²) in [4.78, 5) is 0. The molecule has 21 heavy (non-hydrogen) atoms. The number of hydrogen-bond acceptors (Lipinski definition) is 1. The minimum Gasteiger partial charge on any atom is -0.309 e. The molecule has 1 unspecified atom stereocenters. The van der Waals surface area contributed by atoms with E-state index in [-0.39, 0.29) is 11.9 Å². The first-order valence-corrected chi connectivity index (χ1v) is 8.14. The van der Waals surface area contributed by atoms with Crippen molar-refractivity contribution < 1.29 is 4.39 Å². The van der Waals surface area contributed by atoms with Gasteiger partial charge in [0.2, 0.25) is 0 Å². The highest BCUT2D eigenvalue weighted by atomic mass is 79.9. The lowest BCUT2D eigenvalue weighted by Gasteiger charge is -2.22. The molecule has 0 aliphatic rings. The molecular weight excluding hydrogens is 329 g/mol. The molecule has 0 saturated heterocycles. The van der Waals surface area contributed by atoms with E-state index in [1.54, 1.807) is 6.07 Å². The monoisotopic (exact) mass is 349 g/mol. The summed E-state index contributed by atoms with van der Waals surface area (Å²) >= 11 is 3.28. The van der Waals surface area contributed by atoms with Crippen LogP contribution in [0.5, 0.6) is 0 Å². The predicted octanol–water partition coefficient (Wildman–Crippen LogP) is 5.02. The van der Waals surface area contributed by atoms with Gasteiger partial charge in [-0.1, -0.05) is 44.2 Å². The summed E-state index contributed by atoms with van der Waals surface area (Å²) in [6.45, 7) is 4.27. The van der Waals surface area contributed by atoms with E-state index in [2.05, 4.69) is 53.3 Å². The smallest absolute Gasteiger partial charge is 0.142 e. The summed E-state index contributed by atoms with van der Waals surface area (Å²) in [5, 5.41) is 3.27. The second-order valence-electron chi connectivity index (χ2n) is 5.11. The van der Waals surface area contributed by atoms with Crippen LogP contribution < -0.4 is 5.32 Å². The van der Waals surface area contributed by atoms with Gasteiger partial charge in [0.25, 0.3) is 0 Å². The maximum absolute atomic E-state index is 14.5. The summed E-state index contributed by atoms with van der Waals surface area (Å²) in [5.74, 6) is -0.194. The van der Waals surface area contributed by atoms with Crippen LogP contribution in [0.4, 0.5) is 4.39 Å². The zero-order valence-corrected chi connectivity index (χ0v) is 14.3. The number of rotatable bonds is 5. The molecule has 0 radical (unpaired) electrons.